The van der Waals surface area contributed by atoms with Crippen molar-refractivity contribution in [2.75, 3.05) is 6.61 Å². The average Bonchev–Trinajstić information content (AvgIpc) is 2.67. The summed E-state index contributed by atoms with van der Waals surface area (Å²) in [4.78, 5) is 23.8. The van der Waals surface area contributed by atoms with Gasteiger partial charge in [-0.1, -0.05) is 48.5 Å². The van der Waals surface area contributed by atoms with Crippen LogP contribution >= 0.6 is 0 Å². The highest BCUT2D eigenvalue weighted by atomic mass is 16.6. The zero-order chi connectivity index (χ0) is 20.4. The Morgan fingerprint density at radius 3 is 2.39 bits per heavy atom. The molecule has 0 fully saturated rings. The summed E-state index contributed by atoms with van der Waals surface area (Å²) in [5.41, 5.74) is 0.814. The second-order valence-electron chi connectivity index (χ2n) is 6.68. The summed E-state index contributed by atoms with van der Waals surface area (Å²) < 4.78 is 16.0. The molecule has 0 saturated heterocycles. The van der Waals surface area contributed by atoms with Gasteiger partial charge in [0.05, 0.1) is 6.61 Å². The second kappa shape index (κ2) is 10.3. The van der Waals surface area contributed by atoms with Crippen molar-refractivity contribution in [3.63, 3.8) is 0 Å². The van der Waals surface area contributed by atoms with Crippen molar-refractivity contribution >= 4 is 11.9 Å². The summed E-state index contributed by atoms with van der Waals surface area (Å²) in [7, 11) is 0. The molecule has 5 heteroatoms. The largest absolute Gasteiger partial charge is 0.476 e. The number of rotatable bonds is 9. The van der Waals surface area contributed by atoms with Crippen molar-refractivity contribution in [1.29, 1.82) is 0 Å². The smallest absolute Gasteiger partial charge is 0.349 e. The van der Waals surface area contributed by atoms with Gasteiger partial charge in [-0.2, -0.15) is 0 Å². The number of carbonyl (C=O) groups excluding carboxylic acids is 2. The molecule has 0 aromatic heterocycles. The van der Waals surface area contributed by atoms with Crippen LogP contribution < -0.4 is 4.74 Å². The molecular formula is C23H26O5. The third-order valence-corrected chi connectivity index (χ3v) is 3.87. The molecule has 5 nitrogen and oxygen atoms in total. The van der Waals surface area contributed by atoms with Crippen molar-refractivity contribution in [2.24, 2.45) is 0 Å². The Bertz CT molecular complexity index is 809. The quantitative estimate of drug-likeness (QED) is 0.479. The molecule has 28 heavy (non-hydrogen) atoms. The minimum absolute atomic E-state index is 0.246. The van der Waals surface area contributed by atoms with Gasteiger partial charge in [-0.3, -0.25) is 0 Å². The van der Waals surface area contributed by atoms with Gasteiger partial charge in [-0.05, 0) is 50.5 Å². The SMILES string of the molecule is CCOC(=O)C(C)(C)Oc1cccc(C/C=C/C(=O)OCc2ccccc2)c1. The highest BCUT2D eigenvalue weighted by Gasteiger charge is 2.31. The standard InChI is InChI=1S/C23H26O5/c1-4-26-22(25)23(2,3)28-20-14-8-12-18(16-20)13-9-15-21(24)27-17-19-10-6-5-7-11-19/h5-12,14-16H,4,13,17H2,1-3H3/b15-9+. The van der Waals surface area contributed by atoms with Gasteiger partial charge in [-0.15, -0.1) is 0 Å². The molecule has 2 aromatic carbocycles. The lowest BCUT2D eigenvalue weighted by atomic mass is 10.1. The lowest BCUT2D eigenvalue weighted by Gasteiger charge is -2.24. The highest BCUT2D eigenvalue weighted by Crippen LogP contribution is 2.21. The van der Waals surface area contributed by atoms with E-state index in [9.17, 15) is 9.59 Å². The van der Waals surface area contributed by atoms with E-state index < -0.39 is 11.6 Å². The Morgan fingerprint density at radius 1 is 0.964 bits per heavy atom. The maximum absolute atomic E-state index is 12.0. The van der Waals surface area contributed by atoms with Crippen LogP contribution in [0.15, 0.2) is 66.7 Å². The number of ether oxygens (including phenoxy) is 3. The molecule has 2 rings (SSSR count). The molecule has 0 aliphatic rings. The molecule has 0 aliphatic carbocycles. The first-order valence-electron chi connectivity index (χ1n) is 9.23. The van der Waals surface area contributed by atoms with Crippen LogP contribution in [-0.4, -0.2) is 24.1 Å². The molecule has 0 unspecified atom stereocenters. The van der Waals surface area contributed by atoms with Crippen LogP contribution in [0.2, 0.25) is 0 Å². The second-order valence-corrected chi connectivity index (χ2v) is 6.68. The van der Waals surface area contributed by atoms with Gasteiger partial charge in [0.25, 0.3) is 0 Å². The van der Waals surface area contributed by atoms with E-state index in [1.165, 1.54) is 6.08 Å². The van der Waals surface area contributed by atoms with E-state index in [2.05, 4.69) is 0 Å². The van der Waals surface area contributed by atoms with Crippen LogP contribution in [-0.2, 0) is 32.1 Å². The predicted molar refractivity (Wildman–Crippen MR) is 107 cm³/mol. The van der Waals surface area contributed by atoms with Crippen LogP contribution in [0.3, 0.4) is 0 Å². The molecule has 0 aliphatic heterocycles. The number of hydrogen-bond acceptors (Lipinski definition) is 5. The van der Waals surface area contributed by atoms with Crippen molar-refractivity contribution in [3.05, 3.63) is 77.9 Å². The first kappa shape index (κ1) is 21.2. The molecular weight excluding hydrogens is 356 g/mol. The monoisotopic (exact) mass is 382 g/mol. The summed E-state index contributed by atoms with van der Waals surface area (Å²) in [5.74, 6) is -0.239. The molecule has 0 radical (unpaired) electrons. The van der Waals surface area contributed by atoms with E-state index in [0.29, 0.717) is 18.8 Å². The third kappa shape index (κ3) is 6.91. The Hall–Kier alpha value is -3.08. The van der Waals surface area contributed by atoms with Crippen molar-refractivity contribution < 1.29 is 23.8 Å². The minimum Gasteiger partial charge on any atom is -0.476 e. The van der Waals surface area contributed by atoms with Crippen LogP contribution in [0.4, 0.5) is 0 Å². The van der Waals surface area contributed by atoms with Gasteiger partial charge in [0.15, 0.2) is 5.60 Å². The van der Waals surface area contributed by atoms with Gasteiger partial charge in [-0.25, -0.2) is 9.59 Å². The molecule has 0 bridgehead atoms. The van der Waals surface area contributed by atoms with Gasteiger partial charge in [0, 0.05) is 6.08 Å². The van der Waals surface area contributed by atoms with E-state index in [1.54, 1.807) is 32.9 Å². The predicted octanol–water partition coefficient (Wildman–Crippen LogP) is 4.25. The average molecular weight is 382 g/mol. The third-order valence-electron chi connectivity index (χ3n) is 3.87. The number of allylic oxidation sites excluding steroid dienone is 1. The maximum Gasteiger partial charge on any atom is 0.349 e. The molecule has 148 valence electrons. The Morgan fingerprint density at radius 2 is 1.68 bits per heavy atom. The topological polar surface area (TPSA) is 61.8 Å². The summed E-state index contributed by atoms with van der Waals surface area (Å²) in [6.45, 7) is 5.64. The molecule has 2 aromatic rings. The fourth-order valence-corrected chi connectivity index (χ4v) is 2.45. The normalized spacial score (nSPS) is 11.2. The van der Waals surface area contributed by atoms with Gasteiger partial charge < -0.3 is 14.2 Å². The van der Waals surface area contributed by atoms with Crippen LogP contribution in [0.5, 0.6) is 5.75 Å². The van der Waals surface area contributed by atoms with Gasteiger partial charge in [0.2, 0.25) is 0 Å². The zero-order valence-corrected chi connectivity index (χ0v) is 16.5. The molecule has 0 amide bonds. The summed E-state index contributed by atoms with van der Waals surface area (Å²) in [5, 5.41) is 0. The fraction of sp³-hybridized carbons (Fsp3) is 0.304. The Balaban J connectivity index is 1.87. The van der Waals surface area contributed by atoms with E-state index in [-0.39, 0.29) is 12.6 Å². The molecule has 0 heterocycles. The van der Waals surface area contributed by atoms with Crippen LogP contribution in [0.25, 0.3) is 0 Å². The minimum atomic E-state index is -1.08. The van der Waals surface area contributed by atoms with Crippen LogP contribution in [0, 0.1) is 0 Å². The molecule has 0 atom stereocenters. The number of benzene rings is 2. The van der Waals surface area contributed by atoms with Gasteiger partial charge >= 0.3 is 11.9 Å². The molecule has 0 spiro atoms. The first-order chi connectivity index (χ1) is 13.4. The van der Waals surface area contributed by atoms with E-state index in [4.69, 9.17) is 14.2 Å². The van der Waals surface area contributed by atoms with Crippen molar-refractivity contribution in [2.45, 2.75) is 39.4 Å². The van der Waals surface area contributed by atoms with Crippen molar-refractivity contribution in [1.82, 2.24) is 0 Å². The number of esters is 2. The lowest BCUT2D eigenvalue weighted by Crippen LogP contribution is -2.39. The first-order valence-corrected chi connectivity index (χ1v) is 9.23. The van der Waals surface area contributed by atoms with E-state index in [0.717, 1.165) is 11.1 Å². The highest BCUT2D eigenvalue weighted by molar-refractivity contribution is 5.82. The summed E-state index contributed by atoms with van der Waals surface area (Å²) in [6.07, 6.45) is 3.69. The number of carbonyl (C=O) groups is 2. The maximum atomic E-state index is 12.0. The Kier molecular flexibility index (Phi) is 7.81. The summed E-state index contributed by atoms with van der Waals surface area (Å²) >= 11 is 0. The van der Waals surface area contributed by atoms with Crippen molar-refractivity contribution in [3.8, 4) is 5.75 Å². The fourth-order valence-electron chi connectivity index (χ4n) is 2.45. The van der Waals surface area contributed by atoms with Crippen LogP contribution in [0.1, 0.15) is 31.9 Å². The molecule has 0 saturated carbocycles. The number of hydrogen-bond donors (Lipinski definition) is 0. The summed E-state index contributed by atoms with van der Waals surface area (Å²) in [6, 6.07) is 16.9. The van der Waals surface area contributed by atoms with E-state index >= 15 is 0 Å². The molecule has 0 N–H and O–H groups in total. The Labute approximate surface area is 165 Å². The lowest BCUT2D eigenvalue weighted by molar-refractivity contribution is -0.158. The van der Waals surface area contributed by atoms with E-state index in [1.807, 2.05) is 48.5 Å². The van der Waals surface area contributed by atoms with Gasteiger partial charge in [0.1, 0.15) is 12.4 Å². The zero-order valence-electron chi connectivity index (χ0n) is 16.5.